The summed E-state index contributed by atoms with van der Waals surface area (Å²) in [6.45, 7) is 3.50. The molecule has 1 atom stereocenters. The number of nitrogens with one attached hydrogen (secondary N) is 2. The Balaban J connectivity index is 1.86. The maximum absolute atomic E-state index is 12.7. The second-order valence-electron chi connectivity index (χ2n) is 7.85. The lowest BCUT2D eigenvalue weighted by molar-refractivity contribution is -0.151. The third-order valence-corrected chi connectivity index (χ3v) is 5.06. The highest BCUT2D eigenvalue weighted by Crippen LogP contribution is 2.22. The number of methoxy groups -OCH3 is 3. The molecule has 0 aliphatic heterocycles. The number of amides is 2. The SMILES string of the molecule is COc1ccc(CCNC(=O)COC(=O)[C@@H](NC(=O)c2cc(OC)cc(OC)c2)C(C)C)cc1. The number of benzene rings is 2. The minimum Gasteiger partial charge on any atom is -0.497 e. The van der Waals surface area contributed by atoms with E-state index in [0.29, 0.717) is 24.5 Å². The van der Waals surface area contributed by atoms with Crippen LogP contribution in [0.15, 0.2) is 42.5 Å². The molecule has 2 rings (SSSR count). The van der Waals surface area contributed by atoms with E-state index in [1.54, 1.807) is 27.0 Å². The van der Waals surface area contributed by atoms with E-state index >= 15 is 0 Å². The second-order valence-corrected chi connectivity index (χ2v) is 7.85. The van der Waals surface area contributed by atoms with E-state index < -0.39 is 30.4 Å². The number of hydrogen-bond donors (Lipinski definition) is 2. The zero-order valence-corrected chi connectivity index (χ0v) is 20.2. The minimum absolute atomic E-state index is 0.262. The molecule has 0 aromatic heterocycles. The molecule has 2 N–H and O–H groups in total. The monoisotopic (exact) mass is 472 g/mol. The number of ether oxygens (including phenoxy) is 4. The molecule has 0 saturated carbocycles. The smallest absolute Gasteiger partial charge is 0.329 e. The van der Waals surface area contributed by atoms with Crippen LogP contribution in [0.1, 0.15) is 29.8 Å². The molecule has 0 heterocycles. The van der Waals surface area contributed by atoms with Crippen LogP contribution in [0.5, 0.6) is 17.2 Å². The molecule has 2 amide bonds. The van der Waals surface area contributed by atoms with Gasteiger partial charge in [-0.1, -0.05) is 26.0 Å². The van der Waals surface area contributed by atoms with Gasteiger partial charge in [-0.3, -0.25) is 9.59 Å². The van der Waals surface area contributed by atoms with Crippen molar-refractivity contribution in [2.24, 2.45) is 5.92 Å². The summed E-state index contributed by atoms with van der Waals surface area (Å²) < 4.78 is 20.6. The van der Waals surface area contributed by atoms with E-state index in [-0.39, 0.29) is 11.5 Å². The average Bonchev–Trinajstić information content (AvgIpc) is 2.85. The normalized spacial score (nSPS) is 11.4. The molecule has 0 saturated heterocycles. The van der Waals surface area contributed by atoms with Crippen molar-refractivity contribution in [2.45, 2.75) is 26.3 Å². The van der Waals surface area contributed by atoms with E-state index in [0.717, 1.165) is 11.3 Å². The summed E-state index contributed by atoms with van der Waals surface area (Å²) in [4.78, 5) is 37.4. The van der Waals surface area contributed by atoms with Gasteiger partial charge in [-0.25, -0.2) is 4.79 Å². The largest absolute Gasteiger partial charge is 0.497 e. The Kier molecular flexibility index (Phi) is 10.2. The molecule has 0 unspecified atom stereocenters. The van der Waals surface area contributed by atoms with Gasteiger partial charge in [-0.15, -0.1) is 0 Å². The van der Waals surface area contributed by atoms with Crippen LogP contribution in [-0.4, -0.2) is 58.3 Å². The van der Waals surface area contributed by atoms with Gasteiger partial charge >= 0.3 is 5.97 Å². The molecular weight excluding hydrogens is 440 g/mol. The van der Waals surface area contributed by atoms with Crippen LogP contribution in [0.25, 0.3) is 0 Å². The molecule has 184 valence electrons. The Morgan fingerprint density at radius 1 is 0.853 bits per heavy atom. The summed E-state index contributed by atoms with van der Waals surface area (Å²) in [7, 11) is 4.56. The lowest BCUT2D eigenvalue weighted by atomic mass is 10.0. The van der Waals surface area contributed by atoms with Crippen LogP contribution in [-0.2, 0) is 20.7 Å². The topological polar surface area (TPSA) is 112 Å². The van der Waals surface area contributed by atoms with Gasteiger partial charge in [0, 0.05) is 18.2 Å². The van der Waals surface area contributed by atoms with Crippen molar-refractivity contribution in [2.75, 3.05) is 34.5 Å². The van der Waals surface area contributed by atoms with Gasteiger partial charge in [0.15, 0.2) is 6.61 Å². The molecular formula is C25H32N2O7. The molecule has 0 aliphatic rings. The van der Waals surface area contributed by atoms with E-state index in [1.807, 2.05) is 24.3 Å². The molecule has 2 aromatic rings. The first-order valence-electron chi connectivity index (χ1n) is 10.9. The molecule has 2 aromatic carbocycles. The van der Waals surface area contributed by atoms with Gasteiger partial charge in [0.25, 0.3) is 11.8 Å². The van der Waals surface area contributed by atoms with Crippen molar-refractivity contribution in [1.82, 2.24) is 10.6 Å². The summed E-state index contributed by atoms with van der Waals surface area (Å²) in [5, 5.41) is 5.38. The Morgan fingerprint density at radius 3 is 1.97 bits per heavy atom. The maximum atomic E-state index is 12.7. The zero-order valence-electron chi connectivity index (χ0n) is 20.2. The predicted molar refractivity (Wildman–Crippen MR) is 126 cm³/mol. The molecule has 0 spiro atoms. The third-order valence-electron chi connectivity index (χ3n) is 5.06. The van der Waals surface area contributed by atoms with Gasteiger partial charge in [0.1, 0.15) is 23.3 Å². The highest BCUT2D eigenvalue weighted by molar-refractivity contribution is 5.97. The highest BCUT2D eigenvalue weighted by Gasteiger charge is 2.27. The molecule has 34 heavy (non-hydrogen) atoms. The first-order chi connectivity index (χ1) is 16.3. The molecule has 0 radical (unpaired) electrons. The third kappa shape index (κ3) is 7.99. The van der Waals surface area contributed by atoms with Crippen LogP contribution in [0.4, 0.5) is 0 Å². The summed E-state index contributed by atoms with van der Waals surface area (Å²) >= 11 is 0. The van der Waals surface area contributed by atoms with Crippen molar-refractivity contribution in [3.63, 3.8) is 0 Å². The van der Waals surface area contributed by atoms with Crippen LogP contribution >= 0.6 is 0 Å². The van der Waals surface area contributed by atoms with Crippen LogP contribution < -0.4 is 24.8 Å². The van der Waals surface area contributed by atoms with Gasteiger partial charge in [0.05, 0.1) is 21.3 Å². The van der Waals surface area contributed by atoms with Crippen molar-refractivity contribution < 1.29 is 33.3 Å². The number of esters is 1. The van der Waals surface area contributed by atoms with Crippen molar-refractivity contribution in [3.05, 3.63) is 53.6 Å². The number of carbonyl (C=O) groups excluding carboxylic acids is 3. The predicted octanol–water partition coefficient (Wildman–Crippen LogP) is 2.37. The molecule has 0 fully saturated rings. The fraction of sp³-hybridized carbons (Fsp3) is 0.400. The standard InChI is InChI=1S/C25H32N2O7/c1-16(2)23(27-24(29)18-12-20(32-4)14-21(13-18)33-5)25(30)34-15-22(28)26-11-10-17-6-8-19(31-3)9-7-17/h6-9,12-14,16,23H,10-11,15H2,1-5H3,(H,26,28)(H,27,29)/t23-/m0/s1. The van der Waals surface area contributed by atoms with Gasteiger partial charge in [-0.2, -0.15) is 0 Å². The quantitative estimate of drug-likeness (QED) is 0.456. The summed E-state index contributed by atoms with van der Waals surface area (Å²) in [6.07, 6.45) is 0.623. The molecule has 9 heteroatoms. The summed E-state index contributed by atoms with van der Waals surface area (Å²) in [5.41, 5.74) is 1.31. The van der Waals surface area contributed by atoms with Crippen LogP contribution in [0, 0.1) is 5.92 Å². The van der Waals surface area contributed by atoms with Gasteiger partial charge in [-0.05, 0) is 42.2 Å². The van der Waals surface area contributed by atoms with Crippen LogP contribution in [0.2, 0.25) is 0 Å². The number of carbonyl (C=O) groups is 3. The number of hydrogen-bond acceptors (Lipinski definition) is 7. The first kappa shape index (κ1) is 26.5. The lowest BCUT2D eigenvalue weighted by Crippen LogP contribution is -2.46. The second kappa shape index (κ2) is 13.1. The zero-order chi connectivity index (χ0) is 25.1. The fourth-order valence-electron chi connectivity index (χ4n) is 3.08. The Hall–Kier alpha value is -3.75. The molecule has 0 aliphatic carbocycles. The van der Waals surface area contributed by atoms with Crippen LogP contribution in [0.3, 0.4) is 0 Å². The van der Waals surface area contributed by atoms with Crippen molar-refractivity contribution >= 4 is 17.8 Å². The molecule has 9 nitrogen and oxygen atoms in total. The van der Waals surface area contributed by atoms with E-state index in [1.165, 1.54) is 26.4 Å². The highest BCUT2D eigenvalue weighted by atomic mass is 16.5. The average molecular weight is 473 g/mol. The van der Waals surface area contributed by atoms with E-state index in [2.05, 4.69) is 10.6 Å². The first-order valence-corrected chi connectivity index (χ1v) is 10.9. The molecule has 0 bridgehead atoms. The summed E-state index contributed by atoms with van der Waals surface area (Å²) in [5.74, 6) is -0.216. The van der Waals surface area contributed by atoms with Crippen molar-refractivity contribution in [1.29, 1.82) is 0 Å². The number of rotatable bonds is 12. The Labute approximate surface area is 199 Å². The maximum Gasteiger partial charge on any atom is 0.329 e. The summed E-state index contributed by atoms with van der Waals surface area (Å²) in [6, 6.07) is 11.3. The Morgan fingerprint density at radius 2 is 1.44 bits per heavy atom. The Bertz CT molecular complexity index is 951. The van der Waals surface area contributed by atoms with E-state index in [4.69, 9.17) is 18.9 Å². The fourth-order valence-corrected chi connectivity index (χ4v) is 3.08. The van der Waals surface area contributed by atoms with Gasteiger partial charge in [0.2, 0.25) is 0 Å². The lowest BCUT2D eigenvalue weighted by Gasteiger charge is -2.21. The minimum atomic E-state index is -0.934. The van der Waals surface area contributed by atoms with E-state index in [9.17, 15) is 14.4 Å². The van der Waals surface area contributed by atoms with Crippen molar-refractivity contribution in [3.8, 4) is 17.2 Å². The van der Waals surface area contributed by atoms with Gasteiger partial charge < -0.3 is 29.6 Å².